The maximum atomic E-state index is 12.2. The molecule has 25 heavy (non-hydrogen) atoms. The first-order valence-electron chi connectivity index (χ1n) is 8.58. The molecule has 0 unspecified atom stereocenters. The number of carbonyl (C=O) groups excluding carboxylic acids is 1. The van der Waals surface area contributed by atoms with Gasteiger partial charge in [-0.3, -0.25) is 0 Å². The number of fused-ring (bicyclic) bond motifs is 1. The highest BCUT2D eigenvalue weighted by atomic mass is 32.2. The molecule has 1 saturated heterocycles. The van der Waals surface area contributed by atoms with Gasteiger partial charge >= 0.3 is 6.03 Å². The van der Waals surface area contributed by atoms with Crippen molar-refractivity contribution in [2.24, 2.45) is 5.14 Å². The fourth-order valence-corrected chi connectivity index (χ4v) is 4.07. The number of nitrogens with two attached hydrogens (primary N) is 1. The number of nitrogens with one attached hydrogen (secondary N) is 1. The highest BCUT2D eigenvalue weighted by molar-refractivity contribution is 7.86. The minimum absolute atomic E-state index is 0.153. The van der Waals surface area contributed by atoms with Gasteiger partial charge in [-0.25, -0.2) is 9.93 Å². The third-order valence-electron chi connectivity index (χ3n) is 4.75. The number of aryl methyl sites for hydroxylation is 1. The first-order valence-corrected chi connectivity index (χ1v) is 10.1. The van der Waals surface area contributed by atoms with E-state index in [9.17, 15) is 13.2 Å². The molecule has 0 aromatic heterocycles. The van der Waals surface area contributed by atoms with E-state index < -0.39 is 10.2 Å². The van der Waals surface area contributed by atoms with Crippen LogP contribution in [0.15, 0.2) is 24.3 Å². The van der Waals surface area contributed by atoms with Gasteiger partial charge in [-0.15, -0.1) is 0 Å². The zero-order valence-corrected chi connectivity index (χ0v) is 15.0. The summed E-state index contributed by atoms with van der Waals surface area (Å²) >= 11 is 0. The van der Waals surface area contributed by atoms with Crippen LogP contribution >= 0.6 is 0 Å². The topological polar surface area (TPSA) is 99.0 Å². The van der Waals surface area contributed by atoms with Gasteiger partial charge in [-0.1, -0.05) is 18.2 Å². The molecule has 2 aliphatic rings. The number of benzene rings is 1. The van der Waals surface area contributed by atoms with Crippen LogP contribution in [0.3, 0.4) is 0 Å². The Kier molecular flexibility index (Phi) is 5.45. The minimum Gasteiger partial charge on any atom is -0.370 e. The number of para-hydroxylation sites is 1. The van der Waals surface area contributed by atoms with E-state index in [2.05, 4.69) is 28.4 Å². The van der Waals surface area contributed by atoms with Gasteiger partial charge < -0.3 is 15.1 Å². The maximum absolute atomic E-state index is 12.2. The van der Waals surface area contributed by atoms with Gasteiger partial charge in [-0.05, 0) is 24.5 Å². The van der Waals surface area contributed by atoms with Crippen LogP contribution < -0.4 is 15.4 Å². The summed E-state index contributed by atoms with van der Waals surface area (Å²) in [5.41, 5.74) is 2.61. The molecule has 1 fully saturated rings. The van der Waals surface area contributed by atoms with E-state index in [0.717, 1.165) is 25.9 Å². The molecule has 0 aliphatic carbocycles. The fourth-order valence-electron chi connectivity index (χ4n) is 3.40. The molecule has 138 valence electrons. The Hall–Kier alpha value is -1.84. The highest BCUT2D eigenvalue weighted by Gasteiger charge is 2.26. The van der Waals surface area contributed by atoms with Crippen molar-refractivity contribution in [3.05, 3.63) is 29.8 Å². The number of nitrogens with zero attached hydrogens (tertiary/aromatic N) is 3. The van der Waals surface area contributed by atoms with Crippen LogP contribution in [-0.2, 0) is 16.6 Å². The number of anilines is 1. The van der Waals surface area contributed by atoms with Crippen LogP contribution in [0.5, 0.6) is 0 Å². The third-order valence-corrected chi connectivity index (χ3v) is 5.84. The molecule has 1 aromatic carbocycles. The van der Waals surface area contributed by atoms with Crippen molar-refractivity contribution in [2.45, 2.75) is 12.8 Å². The summed E-state index contributed by atoms with van der Waals surface area (Å²) in [4.78, 5) is 16.2. The lowest BCUT2D eigenvalue weighted by Crippen LogP contribution is -2.54. The molecule has 0 atom stereocenters. The van der Waals surface area contributed by atoms with Crippen LogP contribution in [0.4, 0.5) is 10.5 Å². The van der Waals surface area contributed by atoms with Crippen LogP contribution in [-0.4, -0.2) is 69.5 Å². The Bertz CT molecular complexity index is 716. The molecule has 3 rings (SSSR count). The van der Waals surface area contributed by atoms with Gasteiger partial charge in [0, 0.05) is 51.5 Å². The molecule has 2 aliphatic heterocycles. The normalized spacial score (nSPS) is 18.8. The van der Waals surface area contributed by atoms with E-state index in [4.69, 9.17) is 5.14 Å². The first kappa shape index (κ1) is 18.0. The quantitative estimate of drug-likeness (QED) is 0.781. The first-order chi connectivity index (χ1) is 11.9. The Labute approximate surface area is 148 Å². The predicted molar refractivity (Wildman–Crippen MR) is 96.6 cm³/mol. The van der Waals surface area contributed by atoms with Crippen LogP contribution in [0.2, 0.25) is 0 Å². The van der Waals surface area contributed by atoms with Gasteiger partial charge in [0.2, 0.25) is 0 Å². The standard InChI is InChI=1S/C16H25N5O3S/c17-25(23,24)21-12-10-20(11-13-21)16(22)18-7-9-19-8-3-5-14-4-1-2-6-15(14)19/h1-2,4,6H,3,5,7-13H2,(H,18,22)(H2,17,23,24). The molecule has 2 heterocycles. The molecule has 0 radical (unpaired) electrons. The number of urea groups is 1. The summed E-state index contributed by atoms with van der Waals surface area (Å²) in [7, 11) is -3.67. The smallest absolute Gasteiger partial charge is 0.317 e. The zero-order valence-electron chi connectivity index (χ0n) is 14.2. The van der Waals surface area contributed by atoms with E-state index in [-0.39, 0.29) is 19.1 Å². The van der Waals surface area contributed by atoms with Crippen molar-refractivity contribution in [1.82, 2.24) is 14.5 Å². The van der Waals surface area contributed by atoms with E-state index in [1.54, 1.807) is 4.90 Å². The third kappa shape index (κ3) is 4.42. The number of amides is 2. The molecule has 1 aromatic rings. The number of hydrogen-bond acceptors (Lipinski definition) is 4. The van der Waals surface area contributed by atoms with Gasteiger partial charge in [0.15, 0.2) is 0 Å². The molecule has 3 N–H and O–H groups in total. The number of hydrogen-bond donors (Lipinski definition) is 2. The predicted octanol–water partition coefficient (Wildman–Crippen LogP) is -0.0301. The van der Waals surface area contributed by atoms with Gasteiger partial charge in [-0.2, -0.15) is 12.7 Å². The van der Waals surface area contributed by atoms with E-state index in [1.807, 2.05) is 6.07 Å². The van der Waals surface area contributed by atoms with Crippen molar-refractivity contribution in [3.8, 4) is 0 Å². The molecule has 8 nitrogen and oxygen atoms in total. The lowest BCUT2D eigenvalue weighted by molar-refractivity contribution is 0.172. The number of rotatable bonds is 4. The Morgan fingerprint density at radius 1 is 1.12 bits per heavy atom. The second kappa shape index (κ2) is 7.59. The average molecular weight is 367 g/mol. The summed E-state index contributed by atoms with van der Waals surface area (Å²) in [5, 5.41) is 8.04. The molecule has 0 spiro atoms. The Morgan fingerprint density at radius 2 is 1.84 bits per heavy atom. The van der Waals surface area contributed by atoms with Crippen molar-refractivity contribution in [1.29, 1.82) is 0 Å². The fraction of sp³-hybridized carbons (Fsp3) is 0.562. The van der Waals surface area contributed by atoms with Crippen molar-refractivity contribution < 1.29 is 13.2 Å². The van der Waals surface area contributed by atoms with Crippen LogP contribution in [0, 0.1) is 0 Å². The SMILES string of the molecule is NS(=O)(=O)N1CCN(C(=O)NCCN2CCCc3ccccc32)CC1. The molecule has 0 bridgehead atoms. The van der Waals surface area contributed by atoms with Crippen molar-refractivity contribution >= 4 is 21.9 Å². The Balaban J connectivity index is 1.45. The van der Waals surface area contributed by atoms with E-state index in [1.165, 1.54) is 15.6 Å². The minimum atomic E-state index is -3.67. The van der Waals surface area contributed by atoms with Crippen LogP contribution in [0.25, 0.3) is 0 Å². The van der Waals surface area contributed by atoms with Crippen molar-refractivity contribution in [2.75, 3.05) is 50.7 Å². The van der Waals surface area contributed by atoms with Crippen molar-refractivity contribution in [3.63, 3.8) is 0 Å². The number of piperazine rings is 1. The molecule has 2 amide bonds. The summed E-state index contributed by atoms with van der Waals surface area (Å²) in [5.74, 6) is 0. The maximum Gasteiger partial charge on any atom is 0.317 e. The average Bonchev–Trinajstić information content (AvgIpc) is 2.61. The molecular weight excluding hydrogens is 342 g/mol. The van der Waals surface area contributed by atoms with Gasteiger partial charge in [0.05, 0.1) is 0 Å². The molecular formula is C16H25N5O3S. The molecule has 9 heteroatoms. The largest absolute Gasteiger partial charge is 0.370 e. The molecule has 0 saturated carbocycles. The highest BCUT2D eigenvalue weighted by Crippen LogP contribution is 2.25. The summed E-state index contributed by atoms with van der Waals surface area (Å²) in [6.07, 6.45) is 2.23. The van der Waals surface area contributed by atoms with E-state index >= 15 is 0 Å². The summed E-state index contributed by atoms with van der Waals surface area (Å²) in [6, 6.07) is 8.24. The lowest BCUT2D eigenvalue weighted by atomic mass is 10.0. The number of carbonyl (C=O) groups is 1. The second-order valence-electron chi connectivity index (χ2n) is 6.38. The summed E-state index contributed by atoms with van der Waals surface area (Å²) < 4.78 is 23.8. The van der Waals surface area contributed by atoms with Crippen LogP contribution in [0.1, 0.15) is 12.0 Å². The van der Waals surface area contributed by atoms with Gasteiger partial charge in [0.25, 0.3) is 10.2 Å². The Morgan fingerprint density at radius 3 is 2.56 bits per heavy atom. The summed E-state index contributed by atoms with van der Waals surface area (Å²) in [6.45, 7) is 3.52. The van der Waals surface area contributed by atoms with E-state index in [0.29, 0.717) is 19.6 Å². The zero-order chi connectivity index (χ0) is 17.9. The monoisotopic (exact) mass is 367 g/mol. The lowest BCUT2D eigenvalue weighted by Gasteiger charge is -2.34. The second-order valence-corrected chi connectivity index (χ2v) is 7.93. The van der Waals surface area contributed by atoms with Gasteiger partial charge in [0.1, 0.15) is 0 Å².